The molecule has 1 rings (SSSR count). The van der Waals surface area contributed by atoms with Gasteiger partial charge < -0.3 is 9.64 Å². The molecule has 1 aromatic rings. The van der Waals surface area contributed by atoms with Crippen LogP contribution in [0, 0.1) is 0 Å². The molecule has 21 heavy (non-hydrogen) atoms. The standard InChI is InChI=1S/C17H24ClNO2/c1-4-11-21-12-10-19(16(20)13-18)17-14(5-2)8-7-9-15(17)6-3/h4,7-9H,1,5-6,10-13H2,2-3H3. The predicted molar refractivity (Wildman–Crippen MR) is 89.3 cm³/mol. The maximum Gasteiger partial charge on any atom is 0.242 e. The number of alkyl halides is 1. The minimum atomic E-state index is -0.0885. The lowest BCUT2D eigenvalue weighted by Crippen LogP contribution is -2.36. The molecule has 0 N–H and O–H groups in total. The van der Waals surface area contributed by atoms with E-state index in [1.165, 1.54) is 0 Å². The van der Waals surface area contributed by atoms with Gasteiger partial charge in [0, 0.05) is 6.54 Å². The molecule has 0 fully saturated rings. The number of ether oxygens (including phenoxy) is 1. The summed E-state index contributed by atoms with van der Waals surface area (Å²) < 4.78 is 5.42. The Hall–Kier alpha value is -1.32. The number of benzene rings is 1. The number of hydrogen-bond donors (Lipinski definition) is 0. The number of rotatable bonds is 9. The first-order valence-corrected chi connectivity index (χ1v) is 7.88. The Labute approximate surface area is 132 Å². The van der Waals surface area contributed by atoms with Crippen LogP contribution in [0.5, 0.6) is 0 Å². The van der Waals surface area contributed by atoms with E-state index in [0.717, 1.165) is 29.7 Å². The fraction of sp³-hybridized carbons (Fsp3) is 0.471. The molecule has 0 aromatic heterocycles. The first kappa shape index (κ1) is 17.7. The van der Waals surface area contributed by atoms with Crippen molar-refractivity contribution in [2.45, 2.75) is 26.7 Å². The summed E-state index contributed by atoms with van der Waals surface area (Å²) in [6.07, 6.45) is 3.46. The van der Waals surface area contributed by atoms with Gasteiger partial charge in [-0.15, -0.1) is 18.2 Å². The second-order valence-electron chi connectivity index (χ2n) is 4.67. The first-order chi connectivity index (χ1) is 10.2. The summed E-state index contributed by atoms with van der Waals surface area (Å²) in [5.74, 6) is -0.114. The van der Waals surface area contributed by atoms with Gasteiger partial charge in [-0.05, 0) is 24.0 Å². The quantitative estimate of drug-likeness (QED) is 0.396. The SMILES string of the molecule is C=CCOCCN(C(=O)CCl)c1c(CC)cccc1CC. The van der Waals surface area contributed by atoms with Gasteiger partial charge >= 0.3 is 0 Å². The van der Waals surface area contributed by atoms with Crippen LogP contribution in [0.3, 0.4) is 0 Å². The second kappa shape index (κ2) is 9.59. The predicted octanol–water partition coefficient (Wildman–Crippen LogP) is 3.59. The zero-order valence-corrected chi connectivity index (χ0v) is 13.7. The van der Waals surface area contributed by atoms with E-state index >= 15 is 0 Å². The van der Waals surface area contributed by atoms with E-state index in [1.54, 1.807) is 11.0 Å². The van der Waals surface area contributed by atoms with Crippen molar-refractivity contribution in [2.75, 3.05) is 30.5 Å². The molecule has 0 aliphatic heterocycles. The Morgan fingerprint density at radius 2 is 1.95 bits per heavy atom. The van der Waals surface area contributed by atoms with Gasteiger partial charge in [-0.1, -0.05) is 38.1 Å². The number of carbonyl (C=O) groups is 1. The lowest BCUT2D eigenvalue weighted by molar-refractivity contribution is -0.116. The third-order valence-electron chi connectivity index (χ3n) is 3.35. The third-order valence-corrected chi connectivity index (χ3v) is 3.57. The topological polar surface area (TPSA) is 29.5 Å². The third kappa shape index (κ3) is 4.87. The van der Waals surface area contributed by atoms with Gasteiger partial charge in [0.25, 0.3) is 0 Å². The molecule has 0 spiro atoms. The Balaban J connectivity index is 3.07. The Morgan fingerprint density at radius 1 is 1.33 bits per heavy atom. The molecule has 0 radical (unpaired) electrons. The highest BCUT2D eigenvalue weighted by Crippen LogP contribution is 2.27. The van der Waals surface area contributed by atoms with Gasteiger partial charge in [-0.2, -0.15) is 0 Å². The maximum atomic E-state index is 12.2. The molecule has 1 amide bonds. The highest BCUT2D eigenvalue weighted by atomic mass is 35.5. The number of halogens is 1. The zero-order chi connectivity index (χ0) is 15.7. The average molecular weight is 310 g/mol. The molecule has 0 bridgehead atoms. The molecule has 0 aliphatic carbocycles. The van der Waals surface area contributed by atoms with Crippen LogP contribution in [-0.4, -0.2) is 31.5 Å². The molecule has 0 saturated heterocycles. The van der Waals surface area contributed by atoms with E-state index in [1.807, 2.05) is 6.07 Å². The Bertz CT molecular complexity index is 452. The molecule has 4 heteroatoms. The van der Waals surface area contributed by atoms with E-state index < -0.39 is 0 Å². The van der Waals surface area contributed by atoms with E-state index in [9.17, 15) is 4.79 Å². The largest absolute Gasteiger partial charge is 0.376 e. The first-order valence-electron chi connectivity index (χ1n) is 7.35. The molecule has 0 atom stereocenters. The number of anilines is 1. The Kier molecular flexibility index (Phi) is 8.09. The number of hydrogen-bond acceptors (Lipinski definition) is 2. The molecule has 116 valence electrons. The summed E-state index contributed by atoms with van der Waals surface area (Å²) in [5, 5.41) is 0. The molecule has 0 heterocycles. The number of amides is 1. The van der Waals surface area contributed by atoms with Gasteiger partial charge in [0.1, 0.15) is 5.88 Å². The van der Waals surface area contributed by atoms with Crippen LogP contribution >= 0.6 is 11.6 Å². The van der Waals surface area contributed by atoms with E-state index in [2.05, 4.69) is 32.6 Å². The zero-order valence-electron chi connectivity index (χ0n) is 12.9. The van der Waals surface area contributed by atoms with Crippen molar-refractivity contribution in [3.05, 3.63) is 42.0 Å². The van der Waals surface area contributed by atoms with E-state index in [4.69, 9.17) is 16.3 Å². The lowest BCUT2D eigenvalue weighted by Gasteiger charge is -2.27. The van der Waals surface area contributed by atoms with Gasteiger partial charge in [0.2, 0.25) is 5.91 Å². The van der Waals surface area contributed by atoms with Crippen molar-refractivity contribution < 1.29 is 9.53 Å². The summed E-state index contributed by atoms with van der Waals surface area (Å²) >= 11 is 5.78. The van der Waals surface area contributed by atoms with Crippen LogP contribution < -0.4 is 4.90 Å². The summed E-state index contributed by atoms with van der Waals surface area (Å²) in [4.78, 5) is 14.0. The lowest BCUT2D eigenvalue weighted by atomic mass is 10.0. The number of aryl methyl sites for hydroxylation is 2. The van der Waals surface area contributed by atoms with Crippen LogP contribution in [0.2, 0.25) is 0 Å². The van der Waals surface area contributed by atoms with Gasteiger partial charge in [0.15, 0.2) is 0 Å². The van der Waals surface area contributed by atoms with Crippen molar-refractivity contribution in [1.82, 2.24) is 0 Å². The van der Waals surface area contributed by atoms with Crippen molar-refractivity contribution in [2.24, 2.45) is 0 Å². The number of nitrogens with zero attached hydrogens (tertiary/aromatic N) is 1. The van der Waals surface area contributed by atoms with Crippen molar-refractivity contribution in [3.63, 3.8) is 0 Å². The van der Waals surface area contributed by atoms with Gasteiger partial charge in [0.05, 0.1) is 18.9 Å². The molecular weight excluding hydrogens is 286 g/mol. The van der Waals surface area contributed by atoms with Crippen LogP contribution in [0.1, 0.15) is 25.0 Å². The molecule has 0 saturated carbocycles. The van der Waals surface area contributed by atoms with Gasteiger partial charge in [-0.25, -0.2) is 0 Å². The van der Waals surface area contributed by atoms with Crippen LogP contribution in [0.25, 0.3) is 0 Å². The average Bonchev–Trinajstić information content (AvgIpc) is 2.53. The fourth-order valence-electron chi connectivity index (χ4n) is 2.32. The van der Waals surface area contributed by atoms with Gasteiger partial charge in [-0.3, -0.25) is 4.79 Å². The highest BCUT2D eigenvalue weighted by molar-refractivity contribution is 6.29. The summed E-state index contributed by atoms with van der Waals surface area (Å²) in [7, 11) is 0. The molecule has 0 aliphatic rings. The molecular formula is C17H24ClNO2. The summed E-state index contributed by atoms with van der Waals surface area (Å²) in [5.41, 5.74) is 3.32. The normalized spacial score (nSPS) is 10.4. The maximum absolute atomic E-state index is 12.2. The summed E-state index contributed by atoms with van der Waals surface area (Å²) in [6.45, 7) is 9.26. The summed E-state index contributed by atoms with van der Waals surface area (Å²) in [6, 6.07) is 6.17. The number of para-hydroxylation sites is 1. The highest BCUT2D eigenvalue weighted by Gasteiger charge is 2.19. The molecule has 3 nitrogen and oxygen atoms in total. The monoisotopic (exact) mass is 309 g/mol. The number of carbonyl (C=O) groups excluding carboxylic acids is 1. The van der Waals surface area contributed by atoms with Crippen molar-refractivity contribution >= 4 is 23.2 Å². The fourth-order valence-corrected chi connectivity index (χ4v) is 2.46. The molecule has 1 aromatic carbocycles. The Morgan fingerprint density at radius 3 is 2.43 bits per heavy atom. The minimum absolute atomic E-state index is 0.0251. The molecule has 0 unspecified atom stereocenters. The van der Waals surface area contributed by atoms with E-state index in [-0.39, 0.29) is 11.8 Å². The van der Waals surface area contributed by atoms with E-state index in [0.29, 0.717) is 19.8 Å². The van der Waals surface area contributed by atoms with Crippen LogP contribution in [-0.2, 0) is 22.4 Å². The van der Waals surface area contributed by atoms with Crippen molar-refractivity contribution in [3.8, 4) is 0 Å². The van der Waals surface area contributed by atoms with Crippen molar-refractivity contribution in [1.29, 1.82) is 0 Å². The van der Waals surface area contributed by atoms with Crippen LogP contribution in [0.15, 0.2) is 30.9 Å². The second-order valence-corrected chi connectivity index (χ2v) is 4.94. The minimum Gasteiger partial charge on any atom is -0.376 e. The van der Waals surface area contributed by atoms with Crippen LogP contribution in [0.4, 0.5) is 5.69 Å². The smallest absolute Gasteiger partial charge is 0.242 e.